The lowest BCUT2D eigenvalue weighted by molar-refractivity contribution is 0.215. The molecule has 0 bridgehead atoms. The van der Waals surface area contributed by atoms with E-state index >= 15 is 0 Å². The summed E-state index contributed by atoms with van der Waals surface area (Å²) in [5.74, 6) is 1.28. The molecule has 2 rings (SSSR count). The molecule has 4 nitrogen and oxygen atoms in total. The third-order valence-electron chi connectivity index (χ3n) is 2.63. The van der Waals surface area contributed by atoms with Crippen LogP contribution < -0.4 is 14.8 Å². The summed E-state index contributed by atoms with van der Waals surface area (Å²) in [7, 11) is 1.59. The summed E-state index contributed by atoms with van der Waals surface area (Å²) in [5, 5.41) is 2.65. The summed E-state index contributed by atoms with van der Waals surface area (Å²) < 4.78 is 10.3. The Labute approximate surface area is 112 Å². The number of methoxy groups -OCH3 is 1. The van der Waals surface area contributed by atoms with Crippen molar-refractivity contribution >= 4 is 11.8 Å². The summed E-state index contributed by atoms with van der Waals surface area (Å²) in [6.45, 7) is 1.88. The number of amides is 1. The first kappa shape index (κ1) is 13.0. The number of aryl methyl sites for hydroxylation is 1. The lowest BCUT2D eigenvalue weighted by atomic mass is 10.2. The van der Waals surface area contributed by atoms with Crippen LogP contribution in [0, 0.1) is 6.92 Å². The maximum absolute atomic E-state index is 11.7. The van der Waals surface area contributed by atoms with Crippen molar-refractivity contribution in [2.75, 3.05) is 12.4 Å². The zero-order chi connectivity index (χ0) is 13.7. The normalized spacial score (nSPS) is 9.79. The Morgan fingerprint density at radius 1 is 1.05 bits per heavy atom. The van der Waals surface area contributed by atoms with Crippen molar-refractivity contribution in [2.24, 2.45) is 0 Å². The van der Waals surface area contributed by atoms with Gasteiger partial charge < -0.3 is 9.47 Å². The van der Waals surface area contributed by atoms with Crippen LogP contribution in [0.5, 0.6) is 11.5 Å². The summed E-state index contributed by atoms with van der Waals surface area (Å²) in [6, 6.07) is 14.4. The first-order valence-corrected chi connectivity index (χ1v) is 5.87. The summed E-state index contributed by atoms with van der Waals surface area (Å²) in [6.07, 6.45) is -0.514. The molecule has 0 radical (unpaired) electrons. The average Bonchev–Trinajstić information content (AvgIpc) is 2.42. The summed E-state index contributed by atoms with van der Waals surface area (Å²) in [5.41, 5.74) is 1.56. The van der Waals surface area contributed by atoms with Gasteiger partial charge in [0.15, 0.2) is 0 Å². The van der Waals surface area contributed by atoms with Gasteiger partial charge in [-0.15, -0.1) is 0 Å². The zero-order valence-electron chi connectivity index (χ0n) is 10.8. The minimum Gasteiger partial charge on any atom is -0.497 e. The molecule has 4 heteroatoms. The quantitative estimate of drug-likeness (QED) is 0.913. The van der Waals surface area contributed by atoms with E-state index in [1.54, 1.807) is 37.4 Å². The topological polar surface area (TPSA) is 47.6 Å². The monoisotopic (exact) mass is 257 g/mol. The summed E-state index contributed by atoms with van der Waals surface area (Å²) in [4.78, 5) is 11.7. The second-order valence-electron chi connectivity index (χ2n) is 4.01. The van der Waals surface area contributed by atoms with E-state index < -0.39 is 6.09 Å². The highest BCUT2D eigenvalue weighted by Gasteiger charge is 2.06. The van der Waals surface area contributed by atoms with Crippen molar-refractivity contribution in [3.8, 4) is 11.5 Å². The van der Waals surface area contributed by atoms with Gasteiger partial charge in [-0.05, 0) is 42.8 Å². The van der Waals surface area contributed by atoms with E-state index in [0.29, 0.717) is 11.4 Å². The molecule has 0 aromatic heterocycles. The van der Waals surface area contributed by atoms with Crippen LogP contribution in [0.2, 0.25) is 0 Å². The molecule has 0 heterocycles. The molecule has 2 aromatic rings. The second kappa shape index (κ2) is 5.91. The fourth-order valence-corrected chi connectivity index (χ4v) is 1.59. The van der Waals surface area contributed by atoms with Gasteiger partial charge in [0.2, 0.25) is 0 Å². The third kappa shape index (κ3) is 3.48. The molecule has 1 amide bonds. The Balaban J connectivity index is 1.99. The lowest BCUT2D eigenvalue weighted by Gasteiger charge is -2.08. The van der Waals surface area contributed by atoms with Gasteiger partial charge in [0.25, 0.3) is 0 Å². The minimum atomic E-state index is -0.514. The number of benzene rings is 2. The molecule has 0 saturated carbocycles. The zero-order valence-corrected chi connectivity index (χ0v) is 10.8. The molecular formula is C15H15NO3. The molecule has 1 N–H and O–H groups in total. The molecule has 0 unspecified atom stereocenters. The minimum absolute atomic E-state index is 0.514. The number of nitrogens with one attached hydrogen (secondary N) is 1. The Bertz CT molecular complexity index is 564. The highest BCUT2D eigenvalue weighted by Crippen LogP contribution is 2.18. The van der Waals surface area contributed by atoms with Gasteiger partial charge in [-0.25, -0.2) is 4.79 Å². The smallest absolute Gasteiger partial charge is 0.417 e. The first-order valence-electron chi connectivity index (χ1n) is 5.87. The fraction of sp³-hybridized carbons (Fsp3) is 0.133. The average molecular weight is 257 g/mol. The molecule has 19 heavy (non-hydrogen) atoms. The van der Waals surface area contributed by atoms with Crippen molar-refractivity contribution in [3.63, 3.8) is 0 Å². The van der Waals surface area contributed by atoms with Crippen LogP contribution in [0.4, 0.5) is 10.5 Å². The maximum Gasteiger partial charge on any atom is 0.417 e. The summed E-state index contributed by atoms with van der Waals surface area (Å²) >= 11 is 0. The predicted octanol–water partition coefficient (Wildman–Crippen LogP) is 3.61. The number of para-hydroxylation sites is 1. The number of hydrogen-bond acceptors (Lipinski definition) is 3. The van der Waals surface area contributed by atoms with Crippen molar-refractivity contribution in [1.29, 1.82) is 0 Å². The molecule has 2 aromatic carbocycles. The van der Waals surface area contributed by atoms with Crippen LogP contribution >= 0.6 is 0 Å². The predicted molar refractivity (Wildman–Crippen MR) is 73.8 cm³/mol. The Morgan fingerprint density at radius 2 is 1.74 bits per heavy atom. The number of carbonyl (C=O) groups is 1. The van der Waals surface area contributed by atoms with Crippen LogP contribution in [0.15, 0.2) is 48.5 Å². The Morgan fingerprint density at radius 3 is 2.37 bits per heavy atom. The molecule has 0 aliphatic carbocycles. The number of ether oxygens (including phenoxy) is 2. The lowest BCUT2D eigenvalue weighted by Crippen LogP contribution is -2.17. The highest BCUT2D eigenvalue weighted by molar-refractivity contribution is 5.86. The van der Waals surface area contributed by atoms with E-state index in [2.05, 4.69) is 5.32 Å². The highest BCUT2D eigenvalue weighted by atomic mass is 16.6. The first-order chi connectivity index (χ1) is 9.19. The van der Waals surface area contributed by atoms with Gasteiger partial charge in [-0.3, -0.25) is 5.32 Å². The van der Waals surface area contributed by atoms with E-state index in [4.69, 9.17) is 9.47 Å². The van der Waals surface area contributed by atoms with Gasteiger partial charge in [-0.1, -0.05) is 18.2 Å². The number of rotatable bonds is 3. The van der Waals surface area contributed by atoms with Crippen LogP contribution in [0.1, 0.15) is 5.56 Å². The molecule has 0 spiro atoms. The second-order valence-corrected chi connectivity index (χ2v) is 4.01. The Kier molecular flexibility index (Phi) is 4.03. The van der Waals surface area contributed by atoms with Gasteiger partial charge in [0.05, 0.1) is 7.11 Å². The van der Waals surface area contributed by atoms with E-state index in [0.717, 1.165) is 11.3 Å². The number of hydrogen-bond donors (Lipinski definition) is 1. The molecule has 0 aliphatic rings. The Hall–Kier alpha value is -2.49. The van der Waals surface area contributed by atoms with Crippen molar-refractivity contribution in [2.45, 2.75) is 6.92 Å². The number of carbonyl (C=O) groups excluding carboxylic acids is 1. The van der Waals surface area contributed by atoms with Crippen LogP contribution in [0.3, 0.4) is 0 Å². The van der Waals surface area contributed by atoms with Crippen molar-refractivity contribution in [1.82, 2.24) is 0 Å². The van der Waals surface area contributed by atoms with Crippen LogP contribution in [-0.4, -0.2) is 13.2 Å². The molecule has 0 atom stereocenters. The van der Waals surface area contributed by atoms with E-state index in [1.807, 2.05) is 25.1 Å². The van der Waals surface area contributed by atoms with E-state index in [1.165, 1.54) is 0 Å². The van der Waals surface area contributed by atoms with Gasteiger partial charge >= 0.3 is 6.09 Å². The van der Waals surface area contributed by atoms with Crippen molar-refractivity contribution in [3.05, 3.63) is 54.1 Å². The largest absolute Gasteiger partial charge is 0.497 e. The molecule has 0 aliphatic heterocycles. The van der Waals surface area contributed by atoms with Crippen LogP contribution in [0.25, 0.3) is 0 Å². The van der Waals surface area contributed by atoms with Gasteiger partial charge in [0, 0.05) is 5.69 Å². The standard InChI is InChI=1S/C15H15NO3/c1-11-5-3-4-6-14(11)19-15(17)16-12-7-9-13(18-2)10-8-12/h3-10H,1-2H3,(H,16,17). The maximum atomic E-state index is 11.7. The number of anilines is 1. The van der Waals surface area contributed by atoms with Gasteiger partial charge in [0.1, 0.15) is 11.5 Å². The fourth-order valence-electron chi connectivity index (χ4n) is 1.59. The van der Waals surface area contributed by atoms with Crippen LogP contribution in [-0.2, 0) is 0 Å². The SMILES string of the molecule is COc1ccc(NC(=O)Oc2ccccc2C)cc1. The third-order valence-corrected chi connectivity index (χ3v) is 2.63. The van der Waals surface area contributed by atoms with E-state index in [9.17, 15) is 4.79 Å². The van der Waals surface area contributed by atoms with Gasteiger partial charge in [-0.2, -0.15) is 0 Å². The molecular weight excluding hydrogens is 242 g/mol. The molecule has 0 saturated heterocycles. The van der Waals surface area contributed by atoms with E-state index in [-0.39, 0.29) is 0 Å². The molecule has 98 valence electrons. The van der Waals surface area contributed by atoms with Crippen molar-refractivity contribution < 1.29 is 14.3 Å². The molecule has 0 fully saturated rings.